The van der Waals surface area contributed by atoms with Gasteiger partial charge in [0.25, 0.3) is 0 Å². The molecule has 0 spiro atoms. The molecule has 0 aliphatic heterocycles. The lowest BCUT2D eigenvalue weighted by Crippen LogP contribution is -2.11. The third kappa shape index (κ3) is 1.50. The second-order valence-electron chi connectivity index (χ2n) is 2.99. The molecule has 0 aromatic carbocycles. The number of hydrogen-bond acceptors (Lipinski definition) is 4. The number of nitrogens with zero attached hydrogens (tertiary/aromatic N) is 1. The summed E-state index contributed by atoms with van der Waals surface area (Å²) in [4.78, 5) is 11.5. The van der Waals surface area contributed by atoms with E-state index in [1.54, 1.807) is 19.1 Å². The fraction of sp³-hybridized carbons (Fsp3) is 0.300. The normalized spacial score (nSPS) is 10.8. The van der Waals surface area contributed by atoms with Crippen molar-refractivity contribution in [3.05, 3.63) is 24.1 Å². The van der Waals surface area contributed by atoms with Crippen LogP contribution in [0.5, 0.6) is 0 Å². The molecule has 0 unspecified atom stereocenters. The Morgan fingerprint density at radius 3 is 3.13 bits per heavy atom. The van der Waals surface area contributed by atoms with Crippen LogP contribution < -0.4 is 0 Å². The first-order chi connectivity index (χ1) is 7.27. The smallest absolute Gasteiger partial charge is 0.355 e. The number of aliphatic hydroxyl groups is 1. The summed E-state index contributed by atoms with van der Waals surface area (Å²) in [6.07, 6.45) is 1.51. The van der Waals surface area contributed by atoms with E-state index in [1.807, 2.05) is 0 Å². The molecule has 0 amide bonds. The van der Waals surface area contributed by atoms with Gasteiger partial charge >= 0.3 is 5.97 Å². The largest absolute Gasteiger partial charge is 0.463 e. The summed E-state index contributed by atoms with van der Waals surface area (Å²) in [6, 6.07) is 3.25. The van der Waals surface area contributed by atoms with E-state index in [0.717, 1.165) is 0 Å². The summed E-state index contributed by atoms with van der Waals surface area (Å²) in [5, 5.41) is 9.15. The van der Waals surface area contributed by atoms with Crippen molar-refractivity contribution in [1.29, 1.82) is 0 Å². The van der Waals surface area contributed by atoms with Gasteiger partial charge in [-0.15, -0.1) is 0 Å². The van der Waals surface area contributed by atoms with Crippen LogP contribution in [0, 0.1) is 0 Å². The van der Waals surface area contributed by atoms with Gasteiger partial charge in [-0.2, -0.15) is 0 Å². The molecule has 2 aromatic rings. The van der Waals surface area contributed by atoms with Crippen molar-refractivity contribution >= 4 is 17.1 Å². The predicted octanol–water partition coefficient (Wildman–Crippen LogP) is 1.36. The fourth-order valence-electron chi connectivity index (χ4n) is 1.50. The second-order valence-corrected chi connectivity index (χ2v) is 2.99. The number of carbonyl (C=O) groups is 1. The maximum Gasteiger partial charge on any atom is 0.355 e. The average Bonchev–Trinajstić information content (AvgIpc) is 2.76. The Morgan fingerprint density at radius 2 is 2.47 bits per heavy atom. The molecule has 15 heavy (non-hydrogen) atoms. The van der Waals surface area contributed by atoms with Gasteiger partial charge < -0.3 is 18.8 Å². The van der Waals surface area contributed by atoms with Crippen LogP contribution in [-0.4, -0.2) is 22.2 Å². The van der Waals surface area contributed by atoms with Gasteiger partial charge in [-0.25, -0.2) is 4.79 Å². The third-order valence-corrected chi connectivity index (χ3v) is 2.15. The number of carbonyl (C=O) groups excluding carboxylic acids is 1. The summed E-state index contributed by atoms with van der Waals surface area (Å²) in [7, 11) is 0. The van der Waals surface area contributed by atoms with Gasteiger partial charge in [0.15, 0.2) is 5.58 Å². The van der Waals surface area contributed by atoms with Crippen molar-refractivity contribution in [3.63, 3.8) is 0 Å². The number of aliphatic hydroxyl groups excluding tert-OH is 1. The van der Waals surface area contributed by atoms with Crippen molar-refractivity contribution in [1.82, 2.24) is 4.57 Å². The first-order valence-corrected chi connectivity index (χ1v) is 4.62. The Bertz CT molecular complexity index is 483. The highest BCUT2D eigenvalue weighted by Gasteiger charge is 2.17. The molecule has 0 saturated heterocycles. The van der Waals surface area contributed by atoms with E-state index >= 15 is 0 Å². The molecule has 0 atom stereocenters. The van der Waals surface area contributed by atoms with E-state index in [9.17, 15) is 4.79 Å². The first-order valence-electron chi connectivity index (χ1n) is 4.62. The number of ether oxygens (including phenoxy) is 1. The maximum absolute atomic E-state index is 11.5. The molecule has 5 nitrogen and oxygen atoms in total. The maximum atomic E-state index is 11.5. The van der Waals surface area contributed by atoms with Gasteiger partial charge in [0.2, 0.25) is 0 Å². The summed E-state index contributed by atoms with van der Waals surface area (Å²) in [5.41, 5.74) is 1.54. The van der Waals surface area contributed by atoms with Crippen molar-refractivity contribution in [2.24, 2.45) is 0 Å². The van der Waals surface area contributed by atoms with E-state index in [-0.39, 0.29) is 6.73 Å². The number of fused-ring (bicyclic) bond motifs is 1. The Hall–Kier alpha value is -1.75. The standard InChI is InChI=1S/C10H11NO4/c1-2-14-10(13)8-5-9-7(3-4-15-9)11(8)6-12/h3-5,12H,2,6H2,1H3. The van der Waals surface area contributed by atoms with Crippen LogP contribution in [0.4, 0.5) is 0 Å². The quantitative estimate of drug-likeness (QED) is 0.775. The van der Waals surface area contributed by atoms with Crippen LogP contribution in [0.25, 0.3) is 11.1 Å². The average molecular weight is 209 g/mol. The molecule has 0 aliphatic rings. The molecular formula is C10H11NO4. The summed E-state index contributed by atoms with van der Waals surface area (Å²) in [5.74, 6) is -0.460. The SMILES string of the molecule is CCOC(=O)c1cc2occc2n1CO. The van der Waals surface area contributed by atoms with Gasteiger partial charge in [0.1, 0.15) is 12.4 Å². The van der Waals surface area contributed by atoms with Crippen LogP contribution in [0.1, 0.15) is 17.4 Å². The minimum absolute atomic E-state index is 0.281. The summed E-state index contributed by atoms with van der Waals surface area (Å²) < 4.78 is 11.4. The Labute approximate surface area is 85.9 Å². The molecule has 0 aliphatic carbocycles. The minimum atomic E-state index is -0.460. The van der Waals surface area contributed by atoms with Crippen molar-refractivity contribution in [3.8, 4) is 0 Å². The van der Waals surface area contributed by atoms with E-state index in [4.69, 9.17) is 14.3 Å². The molecule has 2 aromatic heterocycles. The highest BCUT2D eigenvalue weighted by atomic mass is 16.5. The molecule has 2 rings (SSSR count). The van der Waals surface area contributed by atoms with Gasteiger partial charge in [0.05, 0.1) is 18.4 Å². The molecule has 2 heterocycles. The second kappa shape index (κ2) is 3.78. The van der Waals surface area contributed by atoms with E-state index in [2.05, 4.69) is 0 Å². The minimum Gasteiger partial charge on any atom is -0.463 e. The fourth-order valence-corrected chi connectivity index (χ4v) is 1.50. The zero-order valence-corrected chi connectivity index (χ0v) is 8.27. The monoisotopic (exact) mass is 209 g/mol. The number of esters is 1. The van der Waals surface area contributed by atoms with Crippen LogP contribution in [0.15, 0.2) is 22.8 Å². The van der Waals surface area contributed by atoms with Crippen molar-refractivity contribution < 1.29 is 19.1 Å². The number of rotatable bonds is 3. The third-order valence-electron chi connectivity index (χ3n) is 2.15. The molecule has 0 fully saturated rings. The molecule has 0 radical (unpaired) electrons. The Kier molecular flexibility index (Phi) is 2.47. The number of aromatic nitrogens is 1. The molecule has 0 saturated carbocycles. The highest BCUT2D eigenvalue weighted by molar-refractivity contribution is 5.93. The van der Waals surface area contributed by atoms with E-state index < -0.39 is 5.97 Å². The van der Waals surface area contributed by atoms with Crippen LogP contribution in [0.2, 0.25) is 0 Å². The molecule has 5 heteroatoms. The predicted molar refractivity (Wildman–Crippen MR) is 52.4 cm³/mol. The zero-order chi connectivity index (χ0) is 10.8. The van der Waals surface area contributed by atoms with Crippen molar-refractivity contribution in [2.45, 2.75) is 13.7 Å². The highest BCUT2D eigenvalue weighted by Crippen LogP contribution is 2.21. The van der Waals surface area contributed by atoms with Crippen molar-refractivity contribution in [2.75, 3.05) is 6.61 Å². The molecule has 1 N–H and O–H groups in total. The Morgan fingerprint density at radius 1 is 1.67 bits per heavy atom. The lowest BCUT2D eigenvalue weighted by atomic mass is 10.4. The van der Waals surface area contributed by atoms with Gasteiger partial charge in [-0.05, 0) is 6.92 Å². The zero-order valence-electron chi connectivity index (χ0n) is 8.27. The summed E-state index contributed by atoms with van der Waals surface area (Å²) >= 11 is 0. The number of furan rings is 1. The van der Waals surface area contributed by atoms with E-state index in [0.29, 0.717) is 23.4 Å². The first kappa shape index (κ1) is 9.79. The summed E-state index contributed by atoms with van der Waals surface area (Å²) in [6.45, 7) is 1.75. The van der Waals surface area contributed by atoms with Crippen LogP contribution in [0.3, 0.4) is 0 Å². The molecule has 80 valence electrons. The van der Waals surface area contributed by atoms with Crippen LogP contribution >= 0.6 is 0 Å². The number of hydrogen-bond donors (Lipinski definition) is 1. The lowest BCUT2D eigenvalue weighted by Gasteiger charge is -2.04. The molecule has 0 bridgehead atoms. The van der Waals surface area contributed by atoms with Crippen LogP contribution in [-0.2, 0) is 11.5 Å². The van der Waals surface area contributed by atoms with Gasteiger partial charge in [-0.1, -0.05) is 0 Å². The topological polar surface area (TPSA) is 64.6 Å². The molecular weight excluding hydrogens is 198 g/mol. The lowest BCUT2D eigenvalue weighted by molar-refractivity contribution is 0.0504. The van der Waals surface area contributed by atoms with E-state index in [1.165, 1.54) is 10.8 Å². The van der Waals surface area contributed by atoms with Gasteiger partial charge in [0, 0.05) is 12.1 Å². The van der Waals surface area contributed by atoms with Gasteiger partial charge in [-0.3, -0.25) is 0 Å². The Balaban J connectivity index is 2.49.